The first-order chi connectivity index (χ1) is 10.9. The van der Waals surface area contributed by atoms with Gasteiger partial charge in [0.25, 0.3) is 11.6 Å². The molecule has 1 aromatic carbocycles. The second-order valence-corrected chi connectivity index (χ2v) is 5.27. The molecule has 0 fully saturated rings. The van der Waals surface area contributed by atoms with Crippen LogP contribution >= 0.6 is 15.9 Å². The van der Waals surface area contributed by atoms with Gasteiger partial charge in [-0.3, -0.25) is 19.9 Å². The molecule has 1 heterocycles. The average molecular weight is 378 g/mol. The van der Waals surface area contributed by atoms with Crippen LogP contribution in [0.2, 0.25) is 0 Å². The second-order valence-electron chi connectivity index (χ2n) is 4.41. The molecule has 0 atom stereocenters. The molecule has 0 radical (unpaired) electrons. The van der Waals surface area contributed by atoms with Crippen LogP contribution in [-0.4, -0.2) is 21.5 Å². The Balaban J connectivity index is 2.28. The van der Waals surface area contributed by atoms with Gasteiger partial charge in [-0.2, -0.15) is 5.10 Å². The monoisotopic (exact) mass is 377 g/mol. The minimum absolute atomic E-state index is 0.0207. The maximum atomic E-state index is 12.0. The van der Waals surface area contributed by atoms with Crippen molar-refractivity contribution in [2.24, 2.45) is 5.10 Å². The van der Waals surface area contributed by atoms with Gasteiger partial charge < -0.3 is 5.11 Å². The van der Waals surface area contributed by atoms with Crippen molar-refractivity contribution < 1.29 is 14.8 Å². The van der Waals surface area contributed by atoms with E-state index in [-0.39, 0.29) is 27.1 Å². The lowest BCUT2D eigenvalue weighted by molar-refractivity contribution is -0.385. The van der Waals surface area contributed by atoms with E-state index in [1.54, 1.807) is 12.1 Å². The topological polar surface area (TPSA) is 121 Å². The van der Waals surface area contributed by atoms with Crippen molar-refractivity contribution in [1.82, 2.24) is 10.4 Å². The highest BCUT2D eigenvalue weighted by atomic mass is 79.9. The number of nitrogens with zero attached hydrogens (tertiary/aromatic N) is 3. The predicted molar refractivity (Wildman–Crippen MR) is 84.2 cm³/mol. The fourth-order valence-electron chi connectivity index (χ4n) is 1.70. The second kappa shape index (κ2) is 6.97. The van der Waals surface area contributed by atoms with E-state index in [2.05, 4.69) is 31.4 Å². The van der Waals surface area contributed by atoms with E-state index < -0.39 is 16.6 Å². The number of benzene rings is 1. The van der Waals surface area contributed by atoms with Gasteiger partial charge in [0.1, 0.15) is 5.69 Å². The summed E-state index contributed by atoms with van der Waals surface area (Å²) >= 11 is 2.98. The number of nitro benzene ring substituents is 1. The third-order valence-electron chi connectivity index (χ3n) is 2.85. The zero-order valence-corrected chi connectivity index (χ0v) is 13.4. The summed E-state index contributed by atoms with van der Waals surface area (Å²) in [5.41, 5.74) is 2.32. The molecule has 1 aromatic heterocycles. The molecule has 0 aliphatic rings. The molecule has 0 bridgehead atoms. The smallest absolute Gasteiger partial charge is 0.289 e. The molecule has 9 heteroatoms. The Kier molecular flexibility index (Phi) is 5.02. The summed E-state index contributed by atoms with van der Waals surface area (Å²) in [5.74, 6) is -1.01. The van der Waals surface area contributed by atoms with Crippen LogP contribution in [0.3, 0.4) is 0 Å². The largest absolute Gasteiger partial charge is 0.871 e. The Labute approximate surface area is 139 Å². The highest BCUT2D eigenvalue weighted by Gasteiger charge is 2.13. The number of halogens is 1. The molecule has 118 valence electrons. The number of nitrogens with one attached hydrogen (secondary N) is 1. The molecule has 0 unspecified atom stereocenters. The van der Waals surface area contributed by atoms with E-state index in [0.29, 0.717) is 0 Å². The molecule has 23 heavy (non-hydrogen) atoms. The summed E-state index contributed by atoms with van der Waals surface area (Å²) in [4.78, 5) is 25.9. The molecule has 2 aromatic rings. The first-order valence-electron chi connectivity index (χ1n) is 6.31. The predicted octanol–water partition coefficient (Wildman–Crippen LogP) is 1.98. The molecule has 0 spiro atoms. The Morgan fingerprint density at radius 2 is 2.13 bits per heavy atom. The highest BCUT2D eigenvalue weighted by molar-refractivity contribution is 9.10. The number of aromatic nitrogens is 1. The molecule has 2 rings (SSSR count). The van der Waals surface area contributed by atoms with Crippen LogP contribution < -0.4 is 10.5 Å². The number of hydrazone groups is 1. The average Bonchev–Trinajstić information content (AvgIpc) is 2.55. The van der Waals surface area contributed by atoms with Crippen molar-refractivity contribution in [2.75, 3.05) is 0 Å². The van der Waals surface area contributed by atoms with Crippen LogP contribution in [-0.2, 0) is 0 Å². The molecule has 0 aliphatic carbocycles. The van der Waals surface area contributed by atoms with E-state index in [0.717, 1.165) is 12.1 Å². The van der Waals surface area contributed by atoms with Crippen LogP contribution in [0.1, 0.15) is 23.0 Å². The summed E-state index contributed by atoms with van der Waals surface area (Å²) < 4.78 is 0.0484. The van der Waals surface area contributed by atoms with Crippen LogP contribution in [0.25, 0.3) is 0 Å². The maximum absolute atomic E-state index is 12.0. The first kappa shape index (κ1) is 16.6. The minimum Gasteiger partial charge on any atom is -0.871 e. The third-order valence-corrected chi connectivity index (χ3v) is 3.44. The van der Waals surface area contributed by atoms with Crippen LogP contribution in [0, 0.1) is 10.1 Å². The van der Waals surface area contributed by atoms with Crippen molar-refractivity contribution in [3.8, 4) is 5.75 Å². The maximum Gasteiger partial charge on any atom is 0.289 e. The summed E-state index contributed by atoms with van der Waals surface area (Å²) in [5, 5.41) is 26.7. The van der Waals surface area contributed by atoms with Gasteiger partial charge in [0.2, 0.25) is 0 Å². The summed E-state index contributed by atoms with van der Waals surface area (Å²) in [6.07, 6.45) is 1.46. The fourth-order valence-corrected chi connectivity index (χ4v) is 2.15. The van der Waals surface area contributed by atoms with Crippen LogP contribution in [0.5, 0.6) is 5.75 Å². The van der Waals surface area contributed by atoms with Gasteiger partial charge in [0, 0.05) is 22.8 Å². The van der Waals surface area contributed by atoms with Crippen molar-refractivity contribution in [3.05, 3.63) is 62.4 Å². The van der Waals surface area contributed by atoms with E-state index in [1.807, 2.05) is 0 Å². The zero-order chi connectivity index (χ0) is 17.0. The minimum atomic E-state index is -0.618. The van der Waals surface area contributed by atoms with Crippen LogP contribution in [0.4, 0.5) is 5.69 Å². The van der Waals surface area contributed by atoms with Gasteiger partial charge in [-0.05, 0) is 24.6 Å². The number of nitro groups is 1. The number of carbonyl (C=O) groups excluding carboxylic acids is 1. The number of rotatable bonds is 4. The molecular formula is C14H10BrN4O4-. The Hall–Kier alpha value is -2.81. The summed E-state index contributed by atoms with van der Waals surface area (Å²) in [6.45, 7) is 1.46. The molecule has 0 saturated heterocycles. The molecule has 0 aliphatic heterocycles. The van der Waals surface area contributed by atoms with Crippen molar-refractivity contribution in [2.45, 2.75) is 6.92 Å². The molecule has 0 saturated carbocycles. The van der Waals surface area contributed by atoms with Crippen LogP contribution in [0.15, 0.2) is 46.1 Å². The quantitative estimate of drug-likeness (QED) is 0.496. The van der Waals surface area contributed by atoms with Gasteiger partial charge in [-0.25, -0.2) is 5.43 Å². The number of amides is 1. The van der Waals surface area contributed by atoms with E-state index in [1.165, 1.54) is 19.2 Å². The number of hydrogen-bond acceptors (Lipinski definition) is 6. The highest BCUT2D eigenvalue weighted by Crippen LogP contribution is 2.30. The lowest BCUT2D eigenvalue weighted by Crippen LogP contribution is -2.20. The number of non-ortho nitro benzene ring substituents is 1. The van der Waals surface area contributed by atoms with Gasteiger partial charge in [-0.15, -0.1) is 0 Å². The van der Waals surface area contributed by atoms with Gasteiger partial charge >= 0.3 is 0 Å². The lowest BCUT2D eigenvalue weighted by atomic mass is 10.1. The van der Waals surface area contributed by atoms with Crippen molar-refractivity contribution in [3.63, 3.8) is 0 Å². The number of carbonyl (C=O) groups is 1. The van der Waals surface area contributed by atoms with Gasteiger partial charge in [-0.1, -0.05) is 27.7 Å². The van der Waals surface area contributed by atoms with Gasteiger partial charge in [0.15, 0.2) is 0 Å². The summed E-state index contributed by atoms with van der Waals surface area (Å²) in [7, 11) is 0. The molecule has 8 nitrogen and oxygen atoms in total. The lowest BCUT2D eigenvalue weighted by Gasteiger charge is -2.15. The first-order valence-corrected chi connectivity index (χ1v) is 7.10. The van der Waals surface area contributed by atoms with E-state index >= 15 is 0 Å². The van der Waals surface area contributed by atoms with Crippen molar-refractivity contribution in [1.29, 1.82) is 0 Å². The number of hydrogen-bond donors (Lipinski definition) is 1. The van der Waals surface area contributed by atoms with Crippen molar-refractivity contribution >= 4 is 33.2 Å². The van der Waals surface area contributed by atoms with E-state index in [9.17, 15) is 20.0 Å². The van der Waals surface area contributed by atoms with Gasteiger partial charge in [0.05, 0.1) is 10.6 Å². The van der Waals surface area contributed by atoms with E-state index in [4.69, 9.17) is 0 Å². The summed E-state index contributed by atoms with van der Waals surface area (Å²) in [6, 6.07) is 7.04. The molecular weight excluding hydrogens is 368 g/mol. The Morgan fingerprint density at radius 1 is 1.39 bits per heavy atom. The third kappa shape index (κ3) is 3.89. The Bertz CT molecular complexity index is 793. The number of pyridine rings is 1. The standard InChI is InChI=1S/C14H11BrN4O4/c1-8(17-18-14(21)12-4-2-3-5-16-12)10-6-9(19(22)23)7-11(15)13(10)20/h2-7,20H,1H3,(H,18,21)/p-1/b17-8-. The SMILES string of the molecule is C/C(=N/NC(=O)c1ccccn1)c1cc([N+](=O)[O-])cc(Br)c1[O-]. The zero-order valence-electron chi connectivity index (χ0n) is 11.8. The molecule has 1 amide bonds. The normalized spacial score (nSPS) is 11.1. The fraction of sp³-hybridized carbons (Fsp3) is 0.0714. The molecule has 1 N–H and O–H groups in total. The Morgan fingerprint density at radius 3 is 2.74 bits per heavy atom.